The Bertz CT molecular complexity index is 423. The molecule has 0 fully saturated rings. The molecule has 0 aromatic heterocycles. The Morgan fingerprint density at radius 1 is 1.38 bits per heavy atom. The standard InChI is InChI=1S/C10H10BrClN2O2/c1-6-7(3-2-4-8(6)11)10(16)14-13-9(15)5-12/h2-4H,5H2,1H3,(H,13,15)(H,14,16). The second-order valence-corrected chi connectivity index (χ2v) is 4.17. The lowest BCUT2D eigenvalue weighted by molar-refractivity contribution is -0.119. The molecule has 1 aromatic carbocycles. The lowest BCUT2D eigenvalue weighted by Gasteiger charge is -2.08. The minimum atomic E-state index is -0.456. The van der Waals surface area contributed by atoms with E-state index in [1.165, 1.54) is 0 Å². The lowest BCUT2D eigenvalue weighted by Crippen LogP contribution is -2.42. The highest BCUT2D eigenvalue weighted by Gasteiger charge is 2.10. The van der Waals surface area contributed by atoms with Gasteiger partial charge in [0.1, 0.15) is 5.88 Å². The van der Waals surface area contributed by atoms with Crippen LogP contribution in [0.3, 0.4) is 0 Å². The van der Waals surface area contributed by atoms with Gasteiger partial charge in [0.05, 0.1) is 0 Å². The molecule has 0 aliphatic heterocycles. The van der Waals surface area contributed by atoms with E-state index in [2.05, 4.69) is 26.8 Å². The van der Waals surface area contributed by atoms with Crippen molar-refractivity contribution >= 4 is 39.3 Å². The maximum absolute atomic E-state index is 11.6. The number of hydrogen-bond donors (Lipinski definition) is 2. The summed E-state index contributed by atoms with van der Waals surface area (Å²) in [5, 5.41) is 0. The fraction of sp³-hybridized carbons (Fsp3) is 0.200. The van der Waals surface area contributed by atoms with Gasteiger partial charge in [0, 0.05) is 10.0 Å². The van der Waals surface area contributed by atoms with Gasteiger partial charge in [-0.25, -0.2) is 0 Å². The normalized spacial score (nSPS) is 9.69. The highest BCUT2D eigenvalue weighted by molar-refractivity contribution is 9.10. The van der Waals surface area contributed by atoms with E-state index in [9.17, 15) is 9.59 Å². The van der Waals surface area contributed by atoms with Crippen LogP contribution in [0.4, 0.5) is 0 Å². The minimum absolute atomic E-state index is 0.197. The van der Waals surface area contributed by atoms with E-state index in [4.69, 9.17) is 11.6 Å². The average molecular weight is 306 g/mol. The van der Waals surface area contributed by atoms with Crippen molar-refractivity contribution in [3.8, 4) is 0 Å². The molecule has 0 heterocycles. The summed E-state index contributed by atoms with van der Waals surface area (Å²) in [4.78, 5) is 22.5. The number of hydrazine groups is 1. The van der Waals surface area contributed by atoms with Crippen LogP contribution < -0.4 is 10.9 Å². The number of alkyl halides is 1. The molecule has 0 aliphatic rings. The number of amides is 2. The molecule has 86 valence electrons. The monoisotopic (exact) mass is 304 g/mol. The van der Waals surface area contributed by atoms with Crippen LogP contribution in [0.1, 0.15) is 15.9 Å². The maximum Gasteiger partial charge on any atom is 0.269 e. The van der Waals surface area contributed by atoms with E-state index in [0.29, 0.717) is 5.56 Å². The van der Waals surface area contributed by atoms with Gasteiger partial charge in [-0.1, -0.05) is 22.0 Å². The SMILES string of the molecule is Cc1c(Br)cccc1C(=O)NNC(=O)CCl. The molecule has 1 rings (SSSR count). The summed E-state index contributed by atoms with van der Waals surface area (Å²) >= 11 is 8.59. The van der Waals surface area contributed by atoms with Crippen LogP contribution in [0.15, 0.2) is 22.7 Å². The molecule has 4 nitrogen and oxygen atoms in total. The Labute approximate surface area is 106 Å². The van der Waals surface area contributed by atoms with Crippen molar-refractivity contribution in [1.29, 1.82) is 0 Å². The molecule has 0 atom stereocenters. The van der Waals surface area contributed by atoms with Crippen LogP contribution in [-0.2, 0) is 4.79 Å². The van der Waals surface area contributed by atoms with E-state index in [-0.39, 0.29) is 11.8 Å². The molecule has 0 saturated carbocycles. The van der Waals surface area contributed by atoms with Crippen molar-refractivity contribution in [2.75, 3.05) is 5.88 Å². The lowest BCUT2D eigenvalue weighted by atomic mass is 10.1. The molecule has 0 aliphatic carbocycles. The van der Waals surface area contributed by atoms with Gasteiger partial charge in [-0.05, 0) is 24.6 Å². The predicted molar refractivity (Wildman–Crippen MR) is 65.2 cm³/mol. The second kappa shape index (κ2) is 5.86. The van der Waals surface area contributed by atoms with Crippen molar-refractivity contribution in [3.05, 3.63) is 33.8 Å². The Morgan fingerprint density at radius 2 is 2.06 bits per heavy atom. The van der Waals surface area contributed by atoms with Gasteiger partial charge < -0.3 is 0 Å². The molecule has 0 unspecified atom stereocenters. The number of rotatable bonds is 2. The van der Waals surface area contributed by atoms with Crippen molar-refractivity contribution < 1.29 is 9.59 Å². The van der Waals surface area contributed by atoms with Crippen molar-refractivity contribution in [2.24, 2.45) is 0 Å². The molecule has 0 radical (unpaired) electrons. The van der Waals surface area contributed by atoms with Gasteiger partial charge in [-0.3, -0.25) is 20.4 Å². The van der Waals surface area contributed by atoms with Crippen LogP contribution in [0.5, 0.6) is 0 Å². The van der Waals surface area contributed by atoms with Crippen LogP contribution >= 0.6 is 27.5 Å². The fourth-order valence-corrected chi connectivity index (χ4v) is 1.51. The van der Waals surface area contributed by atoms with Gasteiger partial charge in [0.25, 0.3) is 11.8 Å². The summed E-state index contributed by atoms with van der Waals surface area (Å²) in [7, 11) is 0. The molecule has 16 heavy (non-hydrogen) atoms. The number of carbonyl (C=O) groups excluding carboxylic acids is 2. The minimum Gasteiger partial charge on any atom is -0.272 e. The molecule has 2 amide bonds. The first-order valence-electron chi connectivity index (χ1n) is 4.46. The Morgan fingerprint density at radius 3 is 2.69 bits per heavy atom. The predicted octanol–water partition coefficient (Wildman–Crippen LogP) is 1.76. The first-order chi connectivity index (χ1) is 7.56. The van der Waals surface area contributed by atoms with Gasteiger partial charge in [0.2, 0.25) is 0 Å². The summed E-state index contributed by atoms with van der Waals surface area (Å²) < 4.78 is 0.837. The summed E-state index contributed by atoms with van der Waals surface area (Å²) in [6.07, 6.45) is 0. The largest absolute Gasteiger partial charge is 0.272 e. The Kier molecular flexibility index (Phi) is 4.76. The van der Waals surface area contributed by atoms with E-state index in [1.54, 1.807) is 12.1 Å². The van der Waals surface area contributed by atoms with Gasteiger partial charge in [-0.15, -0.1) is 11.6 Å². The molecular formula is C10H10BrClN2O2. The first kappa shape index (κ1) is 13.0. The topological polar surface area (TPSA) is 58.2 Å². The Balaban J connectivity index is 2.74. The molecule has 0 bridgehead atoms. The number of carbonyl (C=O) groups is 2. The van der Waals surface area contributed by atoms with E-state index >= 15 is 0 Å². The summed E-state index contributed by atoms with van der Waals surface area (Å²) in [5.41, 5.74) is 5.76. The van der Waals surface area contributed by atoms with Crippen LogP contribution in [-0.4, -0.2) is 17.7 Å². The molecule has 0 spiro atoms. The first-order valence-corrected chi connectivity index (χ1v) is 5.79. The van der Waals surface area contributed by atoms with Crippen LogP contribution in [0.2, 0.25) is 0 Å². The van der Waals surface area contributed by atoms with E-state index in [0.717, 1.165) is 10.0 Å². The van der Waals surface area contributed by atoms with Gasteiger partial charge in [-0.2, -0.15) is 0 Å². The number of halogens is 2. The molecule has 1 aromatic rings. The third kappa shape index (κ3) is 3.21. The van der Waals surface area contributed by atoms with Crippen LogP contribution in [0.25, 0.3) is 0 Å². The van der Waals surface area contributed by atoms with E-state index < -0.39 is 5.91 Å². The Hall–Kier alpha value is -1.07. The number of nitrogens with one attached hydrogen (secondary N) is 2. The molecule has 2 N–H and O–H groups in total. The molecule has 0 saturated heterocycles. The smallest absolute Gasteiger partial charge is 0.269 e. The zero-order chi connectivity index (χ0) is 12.1. The second-order valence-electron chi connectivity index (χ2n) is 3.05. The average Bonchev–Trinajstić information content (AvgIpc) is 2.29. The van der Waals surface area contributed by atoms with Crippen molar-refractivity contribution in [1.82, 2.24) is 10.9 Å². The summed E-state index contributed by atoms with van der Waals surface area (Å²) in [5.74, 6) is -1.03. The van der Waals surface area contributed by atoms with E-state index in [1.807, 2.05) is 13.0 Å². The number of hydrogen-bond acceptors (Lipinski definition) is 2. The van der Waals surface area contributed by atoms with Crippen LogP contribution in [0, 0.1) is 6.92 Å². The fourth-order valence-electron chi connectivity index (χ4n) is 1.08. The highest BCUT2D eigenvalue weighted by Crippen LogP contribution is 2.18. The maximum atomic E-state index is 11.6. The third-order valence-electron chi connectivity index (χ3n) is 1.95. The zero-order valence-electron chi connectivity index (χ0n) is 8.51. The quantitative estimate of drug-likeness (QED) is 0.646. The highest BCUT2D eigenvalue weighted by atomic mass is 79.9. The summed E-state index contributed by atoms with van der Waals surface area (Å²) in [6.45, 7) is 1.81. The molecular weight excluding hydrogens is 295 g/mol. The molecule has 6 heteroatoms. The van der Waals surface area contributed by atoms with Gasteiger partial charge in [0.15, 0.2) is 0 Å². The zero-order valence-corrected chi connectivity index (χ0v) is 10.9. The van der Waals surface area contributed by atoms with Gasteiger partial charge >= 0.3 is 0 Å². The van der Waals surface area contributed by atoms with Crippen molar-refractivity contribution in [3.63, 3.8) is 0 Å². The third-order valence-corrected chi connectivity index (χ3v) is 3.05. The van der Waals surface area contributed by atoms with Crippen molar-refractivity contribution in [2.45, 2.75) is 6.92 Å². The number of benzene rings is 1. The summed E-state index contributed by atoms with van der Waals surface area (Å²) in [6, 6.07) is 5.25.